The number of hydrogen-bond acceptors (Lipinski definition) is 4. The van der Waals surface area contributed by atoms with Crippen LogP contribution in [0, 0.1) is 13.8 Å². The molecule has 0 aliphatic carbocycles. The summed E-state index contributed by atoms with van der Waals surface area (Å²) in [6.07, 6.45) is 3.99. The monoisotopic (exact) mass is 267 g/mol. The molecule has 1 fully saturated rings. The first kappa shape index (κ1) is 13.8. The summed E-state index contributed by atoms with van der Waals surface area (Å²) >= 11 is 1.83. The molecule has 0 amide bonds. The normalized spacial score (nSPS) is 20.4. The van der Waals surface area contributed by atoms with Gasteiger partial charge in [0.15, 0.2) is 5.13 Å². The summed E-state index contributed by atoms with van der Waals surface area (Å²) in [6.45, 7) is 11.0. The molecule has 1 saturated heterocycles. The third-order valence-corrected chi connectivity index (χ3v) is 4.83. The fourth-order valence-corrected chi connectivity index (χ4v) is 3.46. The minimum Gasteiger partial charge on any atom is -0.344 e. The molecule has 2 rings (SSSR count). The lowest BCUT2D eigenvalue weighted by Gasteiger charge is -2.33. The third-order valence-electron chi connectivity index (χ3n) is 3.72. The van der Waals surface area contributed by atoms with Crippen LogP contribution in [-0.2, 0) is 0 Å². The van der Waals surface area contributed by atoms with Crippen LogP contribution in [0.4, 0.5) is 5.13 Å². The van der Waals surface area contributed by atoms with Crippen molar-refractivity contribution in [2.24, 2.45) is 0 Å². The average molecular weight is 267 g/mol. The SMILES string of the molecule is Cc1nc(N(CC2CCCCN2)C(C)C)sc1C. The molecule has 1 N–H and O–H groups in total. The van der Waals surface area contributed by atoms with E-state index >= 15 is 0 Å². The van der Waals surface area contributed by atoms with Crippen molar-refractivity contribution in [1.29, 1.82) is 0 Å². The summed E-state index contributed by atoms with van der Waals surface area (Å²) in [7, 11) is 0. The van der Waals surface area contributed by atoms with Gasteiger partial charge in [-0.1, -0.05) is 6.42 Å². The van der Waals surface area contributed by atoms with Crippen molar-refractivity contribution in [1.82, 2.24) is 10.3 Å². The van der Waals surface area contributed by atoms with Crippen molar-refractivity contribution in [3.63, 3.8) is 0 Å². The maximum absolute atomic E-state index is 4.71. The summed E-state index contributed by atoms with van der Waals surface area (Å²) in [5.74, 6) is 0. The number of anilines is 1. The molecule has 1 aromatic heterocycles. The molecule has 4 heteroatoms. The fourth-order valence-electron chi connectivity index (χ4n) is 2.41. The second kappa shape index (κ2) is 6.02. The van der Waals surface area contributed by atoms with Crippen LogP contribution in [0.2, 0.25) is 0 Å². The van der Waals surface area contributed by atoms with E-state index in [9.17, 15) is 0 Å². The standard InChI is InChI=1S/C14H25N3S/c1-10(2)17(9-13-7-5-6-8-15-13)14-16-11(3)12(4)18-14/h10,13,15H,5-9H2,1-4H3. The van der Waals surface area contributed by atoms with Crippen molar-refractivity contribution < 1.29 is 0 Å². The number of rotatable bonds is 4. The van der Waals surface area contributed by atoms with Crippen LogP contribution in [0.15, 0.2) is 0 Å². The van der Waals surface area contributed by atoms with Gasteiger partial charge in [0.1, 0.15) is 0 Å². The van der Waals surface area contributed by atoms with Crippen LogP contribution in [-0.4, -0.2) is 30.2 Å². The summed E-state index contributed by atoms with van der Waals surface area (Å²) in [5, 5.41) is 4.82. The molecule has 3 nitrogen and oxygen atoms in total. The zero-order valence-corrected chi connectivity index (χ0v) is 12.8. The van der Waals surface area contributed by atoms with Gasteiger partial charge in [-0.25, -0.2) is 4.98 Å². The van der Waals surface area contributed by atoms with Crippen LogP contribution in [0.25, 0.3) is 0 Å². The molecule has 2 heterocycles. The van der Waals surface area contributed by atoms with Gasteiger partial charge < -0.3 is 10.2 Å². The first-order chi connectivity index (χ1) is 8.58. The second-order valence-electron chi connectivity index (χ2n) is 5.53. The molecular weight excluding hydrogens is 242 g/mol. The van der Waals surface area contributed by atoms with Gasteiger partial charge in [0.2, 0.25) is 0 Å². The van der Waals surface area contributed by atoms with Crippen LogP contribution in [0.1, 0.15) is 43.7 Å². The molecule has 1 aromatic rings. The second-order valence-corrected chi connectivity index (χ2v) is 6.71. The topological polar surface area (TPSA) is 28.2 Å². The molecule has 1 unspecified atom stereocenters. The predicted octanol–water partition coefficient (Wildman–Crippen LogP) is 3.12. The first-order valence-electron chi connectivity index (χ1n) is 7.02. The highest BCUT2D eigenvalue weighted by atomic mass is 32.1. The van der Waals surface area contributed by atoms with Crippen LogP contribution < -0.4 is 10.2 Å². The van der Waals surface area contributed by atoms with Crippen molar-refractivity contribution >= 4 is 16.5 Å². The Hall–Kier alpha value is -0.610. The zero-order chi connectivity index (χ0) is 13.1. The Morgan fingerprint density at radius 1 is 1.39 bits per heavy atom. The lowest BCUT2D eigenvalue weighted by molar-refractivity contribution is 0.393. The zero-order valence-electron chi connectivity index (χ0n) is 12.0. The summed E-state index contributed by atoms with van der Waals surface area (Å²) in [4.78, 5) is 8.51. The highest BCUT2D eigenvalue weighted by Gasteiger charge is 2.21. The number of aromatic nitrogens is 1. The number of aryl methyl sites for hydroxylation is 2. The van der Waals surface area contributed by atoms with Crippen LogP contribution in [0.5, 0.6) is 0 Å². The Kier molecular flexibility index (Phi) is 4.62. The van der Waals surface area contributed by atoms with E-state index in [4.69, 9.17) is 4.98 Å². The highest BCUT2D eigenvalue weighted by molar-refractivity contribution is 7.15. The molecule has 1 aliphatic rings. The molecule has 1 aliphatic heterocycles. The maximum atomic E-state index is 4.71. The molecule has 0 spiro atoms. The van der Waals surface area contributed by atoms with Gasteiger partial charge in [-0.3, -0.25) is 0 Å². The van der Waals surface area contributed by atoms with Gasteiger partial charge >= 0.3 is 0 Å². The van der Waals surface area contributed by atoms with Gasteiger partial charge in [-0.05, 0) is 47.1 Å². The highest BCUT2D eigenvalue weighted by Crippen LogP contribution is 2.27. The van der Waals surface area contributed by atoms with Gasteiger partial charge in [-0.15, -0.1) is 11.3 Å². The molecule has 0 bridgehead atoms. The Morgan fingerprint density at radius 3 is 2.67 bits per heavy atom. The fraction of sp³-hybridized carbons (Fsp3) is 0.786. The number of nitrogens with zero attached hydrogens (tertiary/aromatic N) is 2. The Morgan fingerprint density at radius 2 is 2.17 bits per heavy atom. The lowest BCUT2D eigenvalue weighted by atomic mass is 10.0. The van der Waals surface area contributed by atoms with Crippen molar-refractivity contribution in [2.45, 2.75) is 59.0 Å². The molecule has 18 heavy (non-hydrogen) atoms. The van der Waals surface area contributed by atoms with Gasteiger partial charge in [-0.2, -0.15) is 0 Å². The number of thiazole rings is 1. The summed E-state index contributed by atoms with van der Waals surface area (Å²) < 4.78 is 0. The molecule has 102 valence electrons. The van der Waals surface area contributed by atoms with Crippen molar-refractivity contribution in [3.8, 4) is 0 Å². The van der Waals surface area contributed by atoms with Crippen molar-refractivity contribution in [2.75, 3.05) is 18.0 Å². The third kappa shape index (κ3) is 3.23. The largest absolute Gasteiger partial charge is 0.344 e. The Labute approximate surface area is 115 Å². The minimum absolute atomic E-state index is 0.513. The molecule has 0 radical (unpaired) electrons. The van der Waals surface area contributed by atoms with Gasteiger partial charge in [0.25, 0.3) is 0 Å². The number of hydrogen-bond donors (Lipinski definition) is 1. The minimum atomic E-state index is 0.513. The lowest BCUT2D eigenvalue weighted by Crippen LogP contribution is -2.46. The van der Waals surface area contributed by atoms with Crippen molar-refractivity contribution in [3.05, 3.63) is 10.6 Å². The molecule has 0 aromatic carbocycles. The van der Waals surface area contributed by atoms with E-state index in [-0.39, 0.29) is 0 Å². The number of nitrogens with one attached hydrogen (secondary N) is 1. The van der Waals surface area contributed by atoms with E-state index in [0.29, 0.717) is 12.1 Å². The Balaban J connectivity index is 2.07. The van der Waals surface area contributed by atoms with Crippen LogP contribution >= 0.6 is 11.3 Å². The number of piperidine rings is 1. The summed E-state index contributed by atoms with van der Waals surface area (Å²) in [5.41, 5.74) is 1.18. The smallest absolute Gasteiger partial charge is 0.186 e. The van der Waals surface area contributed by atoms with E-state index in [1.54, 1.807) is 0 Å². The molecule has 0 saturated carbocycles. The van der Waals surface area contributed by atoms with E-state index in [1.165, 1.54) is 41.5 Å². The van der Waals surface area contributed by atoms with E-state index < -0.39 is 0 Å². The van der Waals surface area contributed by atoms with E-state index in [1.807, 2.05) is 11.3 Å². The maximum Gasteiger partial charge on any atom is 0.186 e. The average Bonchev–Trinajstić information content (AvgIpc) is 2.67. The summed E-state index contributed by atoms with van der Waals surface area (Å²) in [6, 6.07) is 1.14. The predicted molar refractivity (Wildman–Crippen MR) is 79.7 cm³/mol. The Bertz CT molecular complexity index is 361. The first-order valence-corrected chi connectivity index (χ1v) is 7.83. The van der Waals surface area contributed by atoms with Gasteiger partial charge in [0.05, 0.1) is 5.69 Å². The van der Waals surface area contributed by atoms with Crippen LogP contribution in [0.3, 0.4) is 0 Å². The van der Waals surface area contributed by atoms with E-state index in [2.05, 4.69) is 37.9 Å². The molecule has 1 atom stereocenters. The van der Waals surface area contributed by atoms with E-state index in [0.717, 1.165) is 6.54 Å². The van der Waals surface area contributed by atoms with Gasteiger partial charge in [0, 0.05) is 23.5 Å². The molecular formula is C14H25N3S. The quantitative estimate of drug-likeness (QED) is 0.908.